The molecule has 0 saturated heterocycles. The van der Waals surface area contributed by atoms with Crippen LogP contribution in [0, 0.1) is 0 Å². The van der Waals surface area contributed by atoms with E-state index >= 15 is 0 Å². The summed E-state index contributed by atoms with van der Waals surface area (Å²) in [6.45, 7) is 0.314. The molecule has 2 nitrogen and oxygen atoms in total. The molecule has 0 spiro atoms. The lowest BCUT2D eigenvalue weighted by Crippen LogP contribution is -1.93. The first-order valence-corrected chi connectivity index (χ1v) is 5.20. The smallest absolute Gasteiger partial charge is 0.104 e. The monoisotopic (exact) mass is 198 g/mol. The molecule has 0 radical (unpaired) electrons. The van der Waals surface area contributed by atoms with Gasteiger partial charge in [0.15, 0.2) is 0 Å². The van der Waals surface area contributed by atoms with E-state index in [0.717, 1.165) is 3.53 Å². The van der Waals surface area contributed by atoms with Crippen LogP contribution >= 0.6 is 35.7 Å². The molecular weight excluding hydrogens is 188 g/mol. The van der Waals surface area contributed by atoms with Crippen molar-refractivity contribution < 1.29 is 10.2 Å². The average molecular weight is 198 g/mol. The second kappa shape index (κ2) is 7.81. The number of aliphatic hydroxyl groups excluding tert-OH is 2. The second-order valence-corrected chi connectivity index (χ2v) is 4.79. The van der Waals surface area contributed by atoms with Gasteiger partial charge in [-0.15, -0.1) is 23.5 Å². The van der Waals surface area contributed by atoms with Gasteiger partial charge in [0.05, 0.1) is 13.2 Å². The fourth-order valence-electron chi connectivity index (χ4n) is 0.300. The molecule has 0 aliphatic carbocycles. The van der Waals surface area contributed by atoms with Gasteiger partial charge in [0.2, 0.25) is 0 Å². The summed E-state index contributed by atoms with van der Waals surface area (Å²) in [5.41, 5.74) is 0. The Morgan fingerprint density at radius 3 is 1.80 bits per heavy atom. The highest BCUT2D eigenvalue weighted by Crippen LogP contribution is 2.15. The standard InChI is InChI=1S/C5H10O2S3/c6-1-3-9-5(8)10-4-2-7/h6-7H,1-4H2. The molecule has 0 aliphatic rings. The van der Waals surface area contributed by atoms with Crippen LogP contribution in [0.3, 0.4) is 0 Å². The first kappa shape index (κ1) is 10.7. The Hall–Kier alpha value is 0.710. The van der Waals surface area contributed by atoms with Gasteiger partial charge < -0.3 is 10.2 Å². The molecular formula is C5H10O2S3. The number of aliphatic hydroxyl groups is 2. The predicted octanol–water partition coefficient (Wildman–Crippen LogP) is 0.722. The highest BCUT2D eigenvalue weighted by molar-refractivity contribution is 8.47. The van der Waals surface area contributed by atoms with E-state index in [9.17, 15) is 0 Å². The topological polar surface area (TPSA) is 40.5 Å². The first-order valence-electron chi connectivity index (χ1n) is 2.82. The second-order valence-electron chi connectivity index (χ2n) is 1.39. The Labute approximate surface area is 74.4 Å². The molecule has 0 amide bonds. The molecule has 0 saturated carbocycles. The van der Waals surface area contributed by atoms with Gasteiger partial charge in [-0.1, -0.05) is 12.2 Å². The van der Waals surface area contributed by atoms with Crippen LogP contribution in [0.15, 0.2) is 0 Å². The van der Waals surface area contributed by atoms with Crippen LogP contribution in [0.2, 0.25) is 0 Å². The van der Waals surface area contributed by atoms with Crippen LogP contribution < -0.4 is 0 Å². The summed E-state index contributed by atoms with van der Waals surface area (Å²) in [5.74, 6) is 1.30. The van der Waals surface area contributed by atoms with Crippen molar-refractivity contribution in [2.24, 2.45) is 0 Å². The molecule has 10 heavy (non-hydrogen) atoms. The van der Waals surface area contributed by atoms with E-state index in [-0.39, 0.29) is 13.2 Å². The zero-order chi connectivity index (χ0) is 7.82. The minimum Gasteiger partial charge on any atom is -0.396 e. The van der Waals surface area contributed by atoms with E-state index in [0.29, 0.717) is 11.5 Å². The molecule has 0 heterocycles. The van der Waals surface area contributed by atoms with Crippen molar-refractivity contribution >= 4 is 39.3 Å². The van der Waals surface area contributed by atoms with Gasteiger partial charge in [-0.3, -0.25) is 0 Å². The molecule has 2 N–H and O–H groups in total. The third-order valence-electron chi connectivity index (χ3n) is 0.622. The molecule has 0 fully saturated rings. The van der Waals surface area contributed by atoms with Crippen LogP contribution in [-0.4, -0.2) is 38.5 Å². The molecule has 0 bridgehead atoms. The van der Waals surface area contributed by atoms with E-state index in [1.807, 2.05) is 0 Å². The minimum absolute atomic E-state index is 0.157. The van der Waals surface area contributed by atoms with E-state index in [1.165, 1.54) is 23.5 Å². The lowest BCUT2D eigenvalue weighted by molar-refractivity contribution is 0.322. The summed E-state index contributed by atoms with van der Waals surface area (Å²) in [5, 5.41) is 16.8. The van der Waals surface area contributed by atoms with Crippen molar-refractivity contribution in [1.29, 1.82) is 0 Å². The van der Waals surface area contributed by atoms with Gasteiger partial charge in [0.1, 0.15) is 3.53 Å². The fourth-order valence-corrected chi connectivity index (χ4v) is 2.15. The highest BCUT2D eigenvalue weighted by atomic mass is 32.2. The van der Waals surface area contributed by atoms with E-state index < -0.39 is 0 Å². The Bertz CT molecular complexity index is 86.9. The van der Waals surface area contributed by atoms with Gasteiger partial charge >= 0.3 is 0 Å². The lowest BCUT2D eigenvalue weighted by atomic mass is 10.9. The summed E-state index contributed by atoms with van der Waals surface area (Å²) in [7, 11) is 0. The SMILES string of the molecule is OCCSC(=S)SCCO. The predicted molar refractivity (Wildman–Crippen MR) is 51.7 cm³/mol. The first-order chi connectivity index (χ1) is 4.81. The zero-order valence-electron chi connectivity index (χ0n) is 5.45. The Kier molecular flexibility index (Phi) is 8.37. The zero-order valence-corrected chi connectivity index (χ0v) is 7.90. The molecule has 5 heteroatoms. The molecule has 0 rings (SSSR count). The van der Waals surface area contributed by atoms with Crippen LogP contribution in [0.1, 0.15) is 0 Å². The van der Waals surface area contributed by atoms with Crippen molar-refractivity contribution in [3.05, 3.63) is 0 Å². The Morgan fingerprint density at radius 2 is 1.50 bits per heavy atom. The van der Waals surface area contributed by atoms with Gasteiger partial charge in [-0.05, 0) is 0 Å². The van der Waals surface area contributed by atoms with Crippen LogP contribution in [0.5, 0.6) is 0 Å². The lowest BCUT2D eigenvalue weighted by Gasteiger charge is -1.98. The van der Waals surface area contributed by atoms with Gasteiger partial charge in [-0.25, -0.2) is 0 Å². The van der Waals surface area contributed by atoms with Crippen molar-refractivity contribution in [3.8, 4) is 0 Å². The maximum Gasteiger partial charge on any atom is 0.104 e. The average Bonchev–Trinajstić information content (AvgIpc) is 1.97. The number of hydrogen-bond donors (Lipinski definition) is 2. The summed E-state index contributed by atoms with van der Waals surface area (Å²) in [6, 6.07) is 0. The highest BCUT2D eigenvalue weighted by Gasteiger charge is 1.95. The van der Waals surface area contributed by atoms with Crippen LogP contribution in [0.25, 0.3) is 0 Å². The van der Waals surface area contributed by atoms with Crippen molar-refractivity contribution in [1.82, 2.24) is 0 Å². The fraction of sp³-hybridized carbons (Fsp3) is 0.800. The number of thiocarbonyl (C=S) groups is 1. The third kappa shape index (κ3) is 6.82. The molecule has 0 atom stereocenters. The van der Waals surface area contributed by atoms with Crippen molar-refractivity contribution in [3.63, 3.8) is 0 Å². The summed E-state index contributed by atoms with van der Waals surface area (Å²) >= 11 is 7.79. The van der Waals surface area contributed by atoms with Crippen molar-refractivity contribution in [2.75, 3.05) is 24.7 Å². The van der Waals surface area contributed by atoms with Gasteiger partial charge in [-0.2, -0.15) is 0 Å². The van der Waals surface area contributed by atoms with Gasteiger partial charge in [0, 0.05) is 11.5 Å². The Morgan fingerprint density at radius 1 is 1.10 bits per heavy atom. The van der Waals surface area contributed by atoms with E-state index in [1.54, 1.807) is 0 Å². The normalized spacial score (nSPS) is 9.80. The van der Waals surface area contributed by atoms with E-state index in [4.69, 9.17) is 22.4 Å². The van der Waals surface area contributed by atoms with Crippen LogP contribution in [0.4, 0.5) is 0 Å². The maximum atomic E-state index is 8.40. The Balaban J connectivity index is 3.09. The number of rotatable bonds is 4. The summed E-state index contributed by atoms with van der Waals surface area (Å²) in [6.07, 6.45) is 0. The molecule has 0 aliphatic heterocycles. The van der Waals surface area contributed by atoms with Crippen molar-refractivity contribution in [2.45, 2.75) is 0 Å². The number of thioether (sulfide) groups is 2. The maximum absolute atomic E-state index is 8.40. The van der Waals surface area contributed by atoms with E-state index in [2.05, 4.69) is 0 Å². The quantitative estimate of drug-likeness (QED) is 0.652. The molecule has 0 aromatic heterocycles. The largest absolute Gasteiger partial charge is 0.396 e. The number of hydrogen-bond acceptors (Lipinski definition) is 5. The summed E-state index contributed by atoms with van der Waals surface area (Å²) in [4.78, 5) is 0. The molecule has 60 valence electrons. The van der Waals surface area contributed by atoms with Gasteiger partial charge in [0.25, 0.3) is 0 Å². The molecule has 0 aromatic carbocycles. The molecule has 0 unspecified atom stereocenters. The third-order valence-corrected chi connectivity index (χ3v) is 3.28. The van der Waals surface area contributed by atoms with Crippen LogP contribution in [-0.2, 0) is 0 Å². The minimum atomic E-state index is 0.157. The molecule has 0 aromatic rings. The summed E-state index contributed by atoms with van der Waals surface area (Å²) < 4.78 is 0.795.